The van der Waals surface area contributed by atoms with E-state index in [4.69, 9.17) is 0 Å². The summed E-state index contributed by atoms with van der Waals surface area (Å²) in [5, 5.41) is 16.7. The van der Waals surface area contributed by atoms with Crippen LogP contribution in [-0.4, -0.2) is 57.2 Å². The zero-order chi connectivity index (χ0) is 21.8. The molecule has 0 spiro atoms. The van der Waals surface area contributed by atoms with Crippen LogP contribution in [0.3, 0.4) is 0 Å². The van der Waals surface area contributed by atoms with Crippen LogP contribution in [0.5, 0.6) is 0 Å². The number of carbonyl (C=O) groups is 1. The van der Waals surface area contributed by atoms with E-state index in [1.54, 1.807) is 35.1 Å². The maximum Gasteiger partial charge on any atom is 0.243 e. The van der Waals surface area contributed by atoms with Crippen molar-refractivity contribution in [1.82, 2.24) is 24.5 Å². The normalized spacial score (nSPS) is 15.8. The topological polar surface area (TPSA) is 110 Å². The van der Waals surface area contributed by atoms with Crippen LogP contribution in [0.25, 0.3) is 0 Å². The van der Waals surface area contributed by atoms with Gasteiger partial charge in [0.25, 0.3) is 0 Å². The van der Waals surface area contributed by atoms with Crippen LogP contribution in [0.2, 0.25) is 0 Å². The van der Waals surface area contributed by atoms with Gasteiger partial charge in [-0.15, -0.1) is 16.4 Å². The molecule has 0 radical (unpaired) electrons. The Balaban J connectivity index is 1.37. The third-order valence-corrected chi connectivity index (χ3v) is 8.71. The van der Waals surface area contributed by atoms with Crippen molar-refractivity contribution in [3.63, 3.8) is 0 Å². The molecule has 1 N–H and O–H groups in total. The molecule has 12 heteroatoms. The second-order valence-electron chi connectivity index (χ2n) is 7.08. The van der Waals surface area contributed by atoms with E-state index in [0.717, 1.165) is 17.7 Å². The van der Waals surface area contributed by atoms with E-state index in [1.807, 2.05) is 17.5 Å². The fourth-order valence-electron chi connectivity index (χ4n) is 3.17. The van der Waals surface area contributed by atoms with E-state index >= 15 is 0 Å². The molecule has 9 nitrogen and oxygen atoms in total. The molecule has 3 aromatic rings. The molecule has 1 aliphatic heterocycles. The monoisotopic (exact) mass is 478 g/mol. The lowest BCUT2D eigenvalue weighted by Gasteiger charge is -2.16. The Morgan fingerprint density at radius 3 is 2.65 bits per heavy atom. The minimum Gasteiger partial charge on any atom is -0.325 e. The molecule has 1 unspecified atom stereocenters. The summed E-state index contributed by atoms with van der Waals surface area (Å²) in [6.45, 7) is 3.44. The van der Waals surface area contributed by atoms with Crippen molar-refractivity contribution >= 4 is 44.7 Å². The minimum atomic E-state index is -3.47. The Kier molecular flexibility index (Phi) is 6.70. The van der Waals surface area contributed by atoms with Crippen molar-refractivity contribution in [2.75, 3.05) is 18.4 Å². The van der Waals surface area contributed by atoms with Gasteiger partial charge in [0.05, 0.1) is 16.7 Å². The number of nitrogens with one attached hydrogen (secondary N) is 1. The van der Waals surface area contributed by atoms with Gasteiger partial charge in [0.2, 0.25) is 21.1 Å². The van der Waals surface area contributed by atoms with Crippen LogP contribution in [-0.2, 0) is 21.4 Å². The van der Waals surface area contributed by atoms with Crippen LogP contribution in [0.4, 0.5) is 5.69 Å². The molecule has 4 rings (SSSR count). The SMILES string of the molecule is CC(Sc1nnnn1Cc1cccs1)C(=O)Nc1ccc(S(=O)(=O)N2CCCC2)cc1. The molecule has 3 heterocycles. The first kappa shape index (κ1) is 21.9. The van der Waals surface area contributed by atoms with Crippen molar-refractivity contribution in [2.24, 2.45) is 0 Å². The number of hydrogen-bond donors (Lipinski definition) is 1. The molecular weight excluding hydrogens is 456 g/mol. The van der Waals surface area contributed by atoms with Gasteiger partial charge in [-0.25, -0.2) is 13.1 Å². The lowest BCUT2D eigenvalue weighted by Crippen LogP contribution is -2.27. The maximum atomic E-state index is 12.6. The summed E-state index contributed by atoms with van der Waals surface area (Å²) in [5.74, 6) is -0.217. The number of nitrogens with zero attached hydrogens (tertiary/aromatic N) is 5. The fourth-order valence-corrected chi connectivity index (χ4v) is 6.17. The number of carbonyl (C=O) groups excluding carboxylic acids is 1. The number of sulfonamides is 1. The van der Waals surface area contributed by atoms with Gasteiger partial charge in [0.1, 0.15) is 0 Å². The number of aromatic nitrogens is 4. The Morgan fingerprint density at radius 1 is 1.23 bits per heavy atom. The number of amides is 1. The van der Waals surface area contributed by atoms with Gasteiger partial charge in [0, 0.05) is 23.7 Å². The van der Waals surface area contributed by atoms with E-state index in [9.17, 15) is 13.2 Å². The standard InChI is InChI=1S/C19H22N6O3S3/c1-14(30-19-21-22-23-25(19)13-16-5-4-12-29-16)18(26)20-15-6-8-17(9-7-15)31(27,28)24-10-2-3-11-24/h4-9,12,14H,2-3,10-11,13H2,1H3,(H,20,26). The van der Waals surface area contributed by atoms with Crippen LogP contribution < -0.4 is 5.32 Å². The highest BCUT2D eigenvalue weighted by molar-refractivity contribution is 8.00. The molecular formula is C19H22N6O3S3. The quantitative estimate of drug-likeness (QED) is 0.496. The number of anilines is 1. The second-order valence-corrected chi connectivity index (χ2v) is 11.4. The van der Waals surface area contributed by atoms with E-state index in [-0.39, 0.29) is 10.8 Å². The van der Waals surface area contributed by atoms with Crippen molar-refractivity contribution in [1.29, 1.82) is 0 Å². The molecule has 2 aromatic heterocycles. The summed E-state index contributed by atoms with van der Waals surface area (Å²) in [4.78, 5) is 14.0. The Morgan fingerprint density at radius 2 is 1.97 bits per heavy atom. The first-order valence-electron chi connectivity index (χ1n) is 9.80. The average Bonchev–Trinajstić information content (AvgIpc) is 3.53. The van der Waals surface area contributed by atoms with Gasteiger partial charge in [-0.05, 0) is 65.9 Å². The fraction of sp³-hybridized carbons (Fsp3) is 0.368. The molecule has 0 bridgehead atoms. The Bertz CT molecular complexity index is 1120. The van der Waals surface area contributed by atoms with E-state index < -0.39 is 15.3 Å². The number of benzene rings is 1. The number of rotatable bonds is 8. The van der Waals surface area contributed by atoms with Gasteiger partial charge in [0.15, 0.2) is 0 Å². The molecule has 0 saturated carbocycles. The molecule has 31 heavy (non-hydrogen) atoms. The summed E-state index contributed by atoms with van der Waals surface area (Å²) in [6, 6.07) is 10.3. The maximum absolute atomic E-state index is 12.6. The van der Waals surface area contributed by atoms with Crippen LogP contribution in [0.1, 0.15) is 24.6 Å². The van der Waals surface area contributed by atoms with E-state index in [2.05, 4.69) is 20.8 Å². The van der Waals surface area contributed by atoms with Crippen molar-refractivity contribution in [3.8, 4) is 0 Å². The van der Waals surface area contributed by atoms with E-state index in [0.29, 0.717) is 30.5 Å². The highest BCUT2D eigenvalue weighted by atomic mass is 32.2. The molecule has 1 saturated heterocycles. The lowest BCUT2D eigenvalue weighted by molar-refractivity contribution is -0.115. The lowest BCUT2D eigenvalue weighted by atomic mass is 10.3. The minimum absolute atomic E-state index is 0.217. The average molecular weight is 479 g/mol. The first-order chi connectivity index (χ1) is 14.9. The number of tetrazole rings is 1. The van der Waals surface area contributed by atoms with Crippen molar-refractivity contribution in [3.05, 3.63) is 46.7 Å². The Hall–Kier alpha value is -2.28. The highest BCUT2D eigenvalue weighted by Crippen LogP contribution is 2.25. The first-order valence-corrected chi connectivity index (χ1v) is 13.0. The van der Waals surface area contributed by atoms with Crippen molar-refractivity contribution < 1.29 is 13.2 Å². The number of hydrogen-bond acceptors (Lipinski definition) is 8. The Labute approximate surface area is 188 Å². The van der Waals surface area contributed by atoms with Gasteiger partial charge in [-0.2, -0.15) is 4.31 Å². The third kappa shape index (κ3) is 5.14. The van der Waals surface area contributed by atoms with Crippen LogP contribution >= 0.6 is 23.1 Å². The molecule has 1 aromatic carbocycles. The van der Waals surface area contributed by atoms with Crippen molar-refractivity contribution in [2.45, 2.75) is 41.6 Å². The van der Waals surface area contributed by atoms with Crippen LogP contribution in [0, 0.1) is 0 Å². The summed E-state index contributed by atoms with van der Waals surface area (Å²) < 4.78 is 28.4. The molecule has 1 atom stereocenters. The summed E-state index contributed by atoms with van der Waals surface area (Å²) in [6.07, 6.45) is 1.78. The van der Waals surface area contributed by atoms with Gasteiger partial charge in [-0.3, -0.25) is 4.79 Å². The largest absolute Gasteiger partial charge is 0.325 e. The van der Waals surface area contributed by atoms with Crippen LogP contribution in [0.15, 0.2) is 51.8 Å². The number of thiophene rings is 1. The molecule has 164 valence electrons. The molecule has 1 aliphatic rings. The number of thioether (sulfide) groups is 1. The summed E-state index contributed by atoms with van der Waals surface area (Å²) in [5.41, 5.74) is 0.538. The smallest absolute Gasteiger partial charge is 0.243 e. The second kappa shape index (κ2) is 9.47. The van der Waals surface area contributed by atoms with E-state index in [1.165, 1.54) is 28.2 Å². The molecule has 1 amide bonds. The molecule has 1 fully saturated rings. The van der Waals surface area contributed by atoms with Gasteiger partial charge < -0.3 is 5.32 Å². The third-order valence-electron chi connectivity index (χ3n) is 4.86. The van der Waals surface area contributed by atoms with Gasteiger partial charge >= 0.3 is 0 Å². The summed E-state index contributed by atoms with van der Waals surface area (Å²) >= 11 is 2.88. The highest BCUT2D eigenvalue weighted by Gasteiger charge is 2.27. The predicted molar refractivity (Wildman–Crippen MR) is 120 cm³/mol. The zero-order valence-corrected chi connectivity index (χ0v) is 19.3. The molecule has 0 aliphatic carbocycles. The predicted octanol–water partition coefficient (Wildman–Crippen LogP) is 2.69. The zero-order valence-electron chi connectivity index (χ0n) is 16.8. The van der Waals surface area contributed by atoms with Gasteiger partial charge in [-0.1, -0.05) is 17.8 Å². The summed E-state index contributed by atoms with van der Waals surface area (Å²) in [7, 11) is -3.47.